The van der Waals surface area contributed by atoms with Gasteiger partial charge < -0.3 is 14.5 Å². The number of hydrogen-bond donors (Lipinski definition) is 1. The van der Waals surface area contributed by atoms with Crippen LogP contribution in [0, 0.1) is 0 Å². The summed E-state index contributed by atoms with van der Waals surface area (Å²) in [5.74, 6) is 0.686. The van der Waals surface area contributed by atoms with Gasteiger partial charge in [0.1, 0.15) is 5.69 Å². The molecule has 3 fully saturated rings. The lowest BCUT2D eigenvalue weighted by molar-refractivity contribution is 0.0255. The number of amides is 1. The van der Waals surface area contributed by atoms with Gasteiger partial charge in [0.15, 0.2) is 0 Å². The summed E-state index contributed by atoms with van der Waals surface area (Å²) in [6.45, 7) is 5.63. The van der Waals surface area contributed by atoms with Crippen LogP contribution in [0.3, 0.4) is 0 Å². The molecule has 25 heavy (non-hydrogen) atoms. The first-order valence-corrected chi connectivity index (χ1v) is 9.97. The van der Waals surface area contributed by atoms with E-state index in [0.717, 1.165) is 44.8 Å². The van der Waals surface area contributed by atoms with Crippen molar-refractivity contribution in [1.29, 1.82) is 0 Å². The molecule has 3 heterocycles. The van der Waals surface area contributed by atoms with Gasteiger partial charge in [0.2, 0.25) is 0 Å². The Morgan fingerprint density at radius 2 is 1.96 bits per heavy atom. The molecule has 1 amide bonds. The number of H-pyrrole nitrogens is 1. The lowest BCUT2D eigenvalue weighted by atomic mass is 10.1. The van der Waals surface area contributed by atoms with Crippen LogP contribution in [0.15, 0.2) is 6.07 Å². The highest BCUT2D eigenvalue weighted by Gasteiger charge is 2.31. The van der Waals surface area contributed by atoms with Gasteiger partial charge >= 0.3 is 0 Å². The molecule has 2 aliphatic heterocycles. The monoisotopic (exact) mass is 346 g/mol. The Morgan fingerprint density at radius 1 is 1.20 bits per heavy atom. The number of nitrogens with zero attached hydrogens (tertiary/aromatic N) is 3. The zero-order valence-electron chi connectivity index (χ0n) is 15.1. The summed E-state index contributed by atoms with van der Waals surface area (Å²) in [4.78, 5) is 17.7. The number of likely N-dealkylation sites (tertiary alicyclic amines) is 1. The minimum Gasteiger partial charge on any atom is -0.381 e. The maximum Gasteiger partial charge on any atom is 0.274 e. The fraction of sp³-hybridized carbons (Fsp3) is 0.789. The van der Waals surface area contributed by atoms with Crippen LogP contribution in [0.1, 0.15) is 67.0 Å². The molecule has 0 atom stereocenters. The number of ether oxygens (including phenoxy) is 1. The molecule has 1 saturated carbocycles. The highest BCUT2D eigenvalue weighted by Crippen LogP contribution is 2.39. The minimum absolute atomic E-state index is 0.0899. The van der Waals surface area contributed by atoms with E-state index in [9.17, 15) is 4.79 Å². The van der Waals surface area contributed by atoms with Crippen molar-refractivity contribution in [3.8, 4) is 0 Å². The number of rotatable bonds is 6. The molecule has 4 rings (SSSR count). The normalized spacial score (nSPS) is 22.9. The molecular weight excluding hydrogens is 316 g/mol. The zero-order valence-corrected chi connectivity index (χ0v) is 15.1. The quantitative estimate of drug-likeness (QED) is 0.859. The number of aromatic amines is 1. The largest absolute Gasteiger partial charge is 0.381 e. The standard InChI is InChI=1S/C19H30N4O2/c24-19(18-14-17(20-21-18)15-4-5-15)23(16-6-12-25-13-7-16)11-10-22-8-2-1-3-9-22/h14-16H,1-13H2,(H,20,21). The summed E-state index contributed by atoms with van der Waals surface area (Å²) < 4.78 is 5.50. The fourth-order valence-corrected chi connectivity index (χ4v) is 4.08. The SMILES string of the molecule is O=C(c1cc(C2CC2)[nH]n1)N(CCN1CCCCC1)C1CCOCC1. The number of aromatic nitrogens is 2. The topological polar surface area (TPSA) is 61.5 Å². The number of carbonyl (C=O) groups is 1. The summed E-state index contributed by atoms with van der Waals surface area (Å²) in [7, 11) is 0. The molecule has 1 N–H and O–H groups in total. The van der Waals surface area contributed by atoms with Crippen LogP contribution in [0.2, 0.25) is 0 Å². The predicted molar refractivity (Wildman–Crippen MR) is 95.7 cm³/mol. The van der Waals surface area contributed by atoms with Crippen molar-refractivity contribution in [2.75, 3.05) is 39.4 Å². The van der Waals surface area contributed by atoms with E-state index in [1.807, 2.05) is 6.07 Å². The third-order valence-electron chi connectivity index (χ3n) is 5.83. The van der Waals surface area contributed by atoms with Gasteiger partial charge in [-0.3, -0.25) is 9.89 Å². The van der Waals surface area contributed by atoms with Crippen molar-refractivity contribution < 1.29 is 9.53 Å². The van der Waals surface area contributed by atoms with Crippen molar-refractivity contribution in [3.63, 3.8) is 0 Å². The molecule has 6 nitrogen and oxygen atoms in total. The van der Waals surface area contributed by atoms with Crippen LogP contribution in [0.4, 0.5) is 0 Å². The second kappa shape index (κ2) is 7.87. The third kappa shape index (κ3) is 4.23. The lowest BCUT2D eigenvalue weighted by Crippen LogP contribution is -2.47. The van der Waals surface area contributed by atoms with Crippen LogP contribution in [-0.4, -0.2) is 71.3 Å². The summed E-state index contributed by atoms with van der Waals surface area (Å²) in [5, 5.41) is 7.41. The molecule has 0 aromatic carbocycles. The van der Waals surface area contributed by atoms with Crippen LogP contribution in [0.25, 0.3) is 0 Å². The van der Waals surface area contributed by atoms with Crippen LogP contribution < -0.4 is 0 Å². The molecule has 0 spiro atoms. The van der Waals surface area contributed by atoms with Crippen molar-refractivity contribution >= 4 is 5.91 Å². The van der Waals surface area contributed by atoms with E-state index in [4.69, 9.17) is 4.74 Å². The molecule has 1 aromatic rings. The van der Waals surface area contributed by atoms with E-state index in [2.05, 4.69) is 20.0 Å². The van der Waals surface area contributed by atoms with E-state index in [0.29, 0.717) is 11.6 Å². The van der Waals surface area contributed by atoms with Gasteiger partial charge in [0, 0.05) is 44.0 Å². The van der Waals surface area contributed by atoms with Gasteiger partial charge in [0.25, 0.3) is 5.91 Å². The van der Waals surface area contributed by atoms with E-state index in [-0.39, 0.29) is 11.9 Å². The van der Waals surface area contributed by atoms with Gasteiger partial charge in [0.05, 0.1) is 0 Å². The molecule has 1 aromatic heterocycles. The summed E-state index contributed by atoms with van der Waals surface area (Å²) in [5.41, 5.74) is 1.72. The van der Waals surface area contributed by atoms with Crippen molar-refractivity contribution in [1.82, 2.24) is 20.0 Å². The summed E-state index contributed by atoms with van der Waals surface area (Å²) >= 11 is 0. The highest BCUT2D eigenvalue weighted by molar-refractivity contribution is 5.92. The number of hydrogen-bond acceptors (Lipinski definition) is 4. The van der Waals surface area contributed by atoms with E-state index < -0.39 is 0 Å². The second-order valence-corrected chi connectivity index (χ2v) is 7.73. The van der Waals surface area contributed by atoms with Crippen LogP contribution >= 0.6 is 0 Å². The lowest BCUT2D eigenvalue weighted by Gasteiger charge is -2.36. The number of carbonyl (C=O) groups excluding carboxylic acids is 1. The smallest absolute Gasteiger partial charge is 0.274 e. The first-order chi connectivity index (χ1) is 12.3. The molecule has 0 radical (unpaired) electrons. The average molecular weight is 346 g/mol. The van der Waals surface area contributed by atoms with Crippen LogP contribution in [-0.2, 0) is 4.74 Å². The first kappa shape index (κ1) is 17.0. The Labute approximate surface area is 149 Å². The van der Waals surface area contributed by atoms with Crippen LogP contribution in [0.5, 0.6) is 0 Å². The molecule has 0 bridgehead atoms. The van der Waals surface area contributed by atoms with E-state index in [1.54, 1.807) is 0 Å². The highest BCUT2D eigenvalue weighted by atomic mass is 16.5. The maximum absolute atomic E-state index is 13.2. The van der Waals surface area contributed by atoms with Gasteiger partial charge in [-0.2, -0.15) is 5.10 Å². The van der Waals surface area contributed by atoms with Crippen molar-refractivity contribution in [2.24, 2.45) is 0 Å². The Kier molecular flexibility index (Phi) is 5.36. The number of piperidine rings is 1. The van der Waals surface area contributed by atoms with E-state index in [1.165, 1.54) is 45.2 Å². The molecule has 138 valence electrons. The maximum atomic E-state index is 13.2. The van der Waals surface area contributed by atoms with Crippen molar-refractivity contribution in [2.45, 2.75) is 56.9 Å². The van der Waals surface area contributed by atoms with Gasteiger partial charge in [-0.1, -0.05) is 6.42 Å². The fourth-order valence-electron chi connectivity index (χ4n) is 4.08. The van der Waals surface area contributed by atoms with Crippen molar-refractivity contribution in [3.05, 3.63) is 17.5 Å². The average Bonchev–Trinajstić information content (AvgIpc) is 3.40. The molecule has 0 unspecified atom stereocenters. The second-order valence-electron chi connectivity index (χ2n) is 7.73. The third-order valence-corrected chi connectivity index (χ3v) is 5.83. The molecule has 6 heteroatoms. The Balaban J connectivity index is 1.43. The van der Waals surface area contributed by atoms with E-state index >= 15 is 0 Å². The molecule has 1 aliphatic carbocycles. The Hall–Kier alpha value is -1.40. The molecule has 3 aliphatic rings. The van der Waals surface area contributed by atoms with Gasteiger partial charge in [-0.15, -0.1) is 0 Å². The zero-order chi connectivity index (χ0) is 17.1. The van der Waals surface area contributed by atoms with Gasteiger partial charge in [-0.25, -0.2) is 0 Å². The molecular formula is C19H30N4O2. The minimum atomic E-state index is 0.0899. The summed E-state index contributed by atoms with van der Waals surface area (Å²) in [6, 6.07) is 2.26. The first-order valence-electron chi connectivity index (χ1n) is 9.97. The van der Waals surface area contributed by atoms with Gasteiger partial charge in [-0.05, 0) is 57.7 Å². The summed E-state index contributed by atoms with van der Waals surface area (Å²) in [6.07, 6.45) is 8.22. The predicted octanol–water partition coefficient (Wildman–Crippen LogP) is 2.39. The molecule has 2 saturated heterocycles. The Morgan fingerprint density at radius 3 is 2.68 bits per heavy atom. The number of nitrogens with one attached hydrogen (secondary N) is 1. The Bertz CT molecular complexity index is 572.